The van der Waals surface area contributed by atoms with Gasteiger partial charge in [-0.1, -0.05) is 12.2 Å². The summed E-state index contributed by atoms with van der Waals surface area (Å²) >= 11 is 0. The molecule has 3 heteroatoms. The van der Waals surface area contributed by atoms with Crippen molar-refractivity contribution >= 4 is 5.78 Å². The molecule has 1 aliphatic carbocycles. The molecule has 0 aliphatic heterocycles. The van der Waals surface area contributed by atoms with Crippen molar-refractivity contribution in [3.05, 3.63) is 23.8 Å². The smallest absolute Gasteiger partial charge is 0.232 e. The maximum Gasteiger partial charge on any atom is 0.232 e. The topological polar surface area (TPSA) is 57.5 Å². The first-order valence-corrected chi connectivity index (χ1v) is 3.39. The Morgan fingerprint density at radius 1 is 1.64 bits per heavy atom. The molecule has 0 bridgehead atoms. The first kappa shape index (κ1) is 8.17. The van der Waals surface area contributed by atoms with Crippen LogP contribution in [0, 0.1) is 0 Å². The van der Waals surface area contributed by atoms with Gasteiger partial charge in [0, 0.05) is 6.42 Å². The van der Waals surface area contributed by atoms with E-state index in [2.05, 4.69) is 0 Å². The van der Waals surface area contributed by atoms with E-state index in [0.717, 1.165) is 0 Å². The van der Waals surface area contributed by atoms with E-state index in [1.807, 2.05) is 0 Å². The number of carbonyl (C=O) groups is 1. The monoisotopic (exact) mass is 154 g/mol. The van der Waals surface area contributed by atoms with Gasteiger partial charge in [-0.25, -0.2) is 0 Å². The third-order valence-electron chi connectivity index (χ3n) is 1.54. The number of hydrogen-bond acceptors (Lipinski definition) is 3. The van der Waals surface area contributed by atoms with Gasteiger partial charge in [0.1, 0.15) is 0 Å². The minimum atomic E-state index is -2.16. The molecule has 0 amide bonds. The molecule has 60 valence electrons. The summed E-state index contributed by atoms with van der Waals surface area (Å²) in [5.41, 5.74) is 0.655. The summed E-state index contributed by atoms with van der Waals surface area (Å²) < 4.78 is 0. The van der Waals surface area contributed by atoms with E-state index in [4.69, 9.17) is 10.2 Å². The zero-order valence-corrected chi connectivity index (χ0v) is 6.24. The highest BCUT2D eigenvalue weighted by molar-refractivity contribution is 5.99. The minimum Gasteiger partial charge on any atom is -0.359 e. The lowest BCUT2D eigenvalue weighted by atomic mass is 10.1. The number of allylic oxidation sites excluding steroid dienone is 2. The molecular weight excluding hydrogens is 144 g/mol. The first-order chi connectivity index (χ1) is 5.06. The van der Waals surface area contributed by atoms with Crippen LogP contribution in [0.15, 0.2) is 23.8 Å². The van der Waals surface area contributed by atoms with Gasteiger partial charge in [-0.2, -0.15) is 0 Å². The molecule has 0 aromatic heterocycles. The van der Waals surface area contributed by atoms with Crippen molar-refractivity contribution < 1.29 is 15.0 Å². The molecule has 0 unspecified atom stereocenters. The quantitative estimate of drug-likeness (QED) is 0.528. The van der Waals surface area contributed by atoms with Gasteiger partial charge in [0.15, 0.2) is 0 Å². The Morgan fingerprint density at radius 2 is 2.27 bits per heavy atom. The largest absolute Gasteiger partial charge is 0.359 e. The number of aliphatic hydroxyl groups is 2. The van der Waals surface area contributed by atoms with Crippen molar-refractivity contribution in [3.63, 3.8) is 0 Å². The van der Waals surface area contributed by atoms with Crippen LogP contribution in [-0.4, -0.2) is 21.8 Å². The van der Waals surface area contributed by atoms with E-state index in [-0.39, 0.29) is 6.42 Å². The van der Waals surface area contributed by atoms with Crippen molar-refractivity contribution in [2.75, 3.05) is 0 Å². The van der Waals surface area contributed by atoms with Gasteiger partial charge in [-0.15, -0.1) is 0 Å². The van der Waals surface area contributed by atoms with Crippen LogP contribution in [0.1, 0.15) is 13.3 Å². The molecule has 0 atom stereocenters. The Labute approximate surface area is 64.7 Å². The summed E-state index contributed by atoms with van der Waals surface area (Å²) in [4.78, 5) is 10.8. The molecule has 0 saturated heterocycles. The average molecular weight is 154 g/mol. The van der Waals surface area contributed by atoms with Crippen LogP contribution in [0.3, 0.4) is 0 Å². The summed E-state index contributed by atoms with van der Waals surface area (Å²) in [6, 6.07) is 0. The molecule has 3 nitrogen and oxygen atoms in total. The highest BCUT2D eigenvalue weighted by Crippen LogP contribution is 2.24. The number of carbonyl (C=O) groups excluding carboxylic acids is 1. The minimum absolute atomic E-state index is 0.00380. The molecule has 0 saturated carbocycles. The summed E-state index contributed by atoms with van der Waals surface area (Å²) in [7, 11) is 0. The van der Waals surface area contributed by atoms with Gasteiger partial charge < -0.3 is 10.2 Å². The van der Waals surface area contributed by atoms with E-state index >= 15 is 0 Å². The lowest BCUT2D eigenvalue weighted by molar-refractivity contribution is -0.173. The Hall–Kier alpha value is -0.930. The molecule has 0 heterocycles. The predicted octanol–water partition coefficient (Wildman–Crippen LogP) is 0.143. The third-order valence-corrected chi connectivity index (χ3v) is 1.54. The summed E-state index contributed by atoms with van der Waals surface area (Å²) in [5.74, 6) is -2.79. The van der Waals surface area contributed by atoms with Crippen molar-refractivity contribution in [3.8, 4) is 0 Å². The Morgan fingerprint density at radius 3 is 2.64 bits per heavy atom. The van der Waals surface area contributed by atoms with Crippen molar-refractivity contribution in [1.29, 1.82) is 0 Å². The second kappa shape index (κ2) is 2.60. The lowest BCUT2D eigenvalue weighted by Gasteiger charge is -2.11. The maximum absolute atomic E-state index is 10.8. The molecule has 0 aromatic carbocycles. The SMILES string of the molecule is C/C=C/C1=CC(=O)C(O)(O)C1. The molecule has 0 radical (unpaired) electrons. The van der Waals surface area contributed by atoms with E-state index in [0.29, 0.717) is 5.57 Å². The third kappa shape index (κ3) is 1.56. The fraction of sp³-hybridized carbons (Fsp3) is 0.375. The fourth-order valence-electron chi connectivity index (χ4n) is 1.03. The number of rotatable bonds is 1. The van der Waals surface area contributed by atoms with Crippen LogP contribution >= 0.6 is 0 Å². The van der Waals surface area contributed by atoms with E-state index < -0.39 is 11.6 Å². The summed E-state index contributed by atoms with van der Waals surface area (Å²) in [6.07, 6.45) is 4.68. The number of ketones is 1. The molecule has 1 aliphatic rings. The molecule has 0 aromatic rings. The zero-order valence-electron chi connectivity index (χ0n) is 6.24. The van der Waals surface area contributed by atoms with Crippen LogP contribution in [0.2, 0.25) is 0 Å². The molecule has 1 rings (SSSR count). The van der Waals surface area contributed by atoms with Crippen molar-refractivity contribution in [1.82, 2.24) is 0 Å². The Balaban J connectivity index is 2.79. The van der Waals surface area contributed by atoms with Gasteiger partial charge in [-0.05, 0) is 18.6 Å². The molecule has 0 fully saturated rings. The fourth-order valence-corrected chi connectivity index (χ4v) is 1.03. The lowest BCUT2D eigenvalue weighted by Crippen LogP contribution is -2.33. The second-order valence-electron chi connectivity index (χ2n) is 2.58. The van der Waals surface area contributed by atoms with E-state index in [9.17, 15) is 4.79 Å². The van der Waals surface area contributed by atoms with Crippen LogP contribution in [0.5, 0.6) is 0 Å². The van der Waals surface area contributed by atoms with Gasteiger partial charge in [-0.3, -0.25) is 4.79 Å². The second-order valence-corrected chi connectivity index (χ2v) is 2.58. The van der Waals surface area contributed by atoms with E-state index in [1.54, 1.807) is 19.1 Å². The standard InChI is InChI=1S/C8H10O3/c1-2-3-6-4-7(9)8(10,11)5-6/h2-4,10-11H,5H2,1H3/b3-2+. The summed E-state index contributed by atoms with van der Waals surface area (Å²) in [6.45, 7) is 1.81. The van der Waals surface area contributed by atoms with Crippen molar-refractivity contribution in [2.24, 2.45) is 0 Å². The van der Waals surface area contributed by atoms with Gasteiger partial charge in [0.05, 0.1) is 0 Å². The molecular formula is C8H10O3. The first-order valence-electron chi connectivity index (χ1n) is 3.39. The van der Waals surface area contributed by atoms with Crippen molar-refractivity contribution in [2.45, 2.75) is 19.1 Å². The average Bonchev–Trinajstić information content (AvgIpc) is 2.08. The van der Waals surface area contributed by atoms with E-state index in [1.165, 1.54) is 6.08 Å². The zero-order chi connectivity index (χ0) is 8.48. The van der Waals surface area contributed by atoms with Gasteiger partial charge >= 0.3 is 0 Å². The van der Waals surface area contributed by atoms with Gasteiger partial charge in [0.25, 0.3) is 0 Å². The Bertz CT molecular complexity index is 236. The summed E-state index contributed by atoms with van der Waals surface area (Å²) in [5, 5.41) is 18.0. The highest BCUT2D eigenvalue weighted by atomic mass is 16.5. The van der Waals surface area contributed by atoms with Gasteiger partial charge in [0.2, 0.25) is 11.6 Å². The van der Waals surface area contributed by atoms with Crippen LogP contribution in [0.25, 0.3) is 0 Å². The molecule has 0 spiro atoms. The molecule has 11 heavy (non-hydrogen) atoms. The molecule has 2 N–H and O–H groups in total. The van der Waals surface area contributed by atoms with Crippen LogP contribution in [-0.2, 0) is 4.79 Å². The van der Waals surface area contributed by atoms with Crippen LogP contribution < -0.4 is 0 Å². The number of hydrogen-bond donors (Lipinski definition) is 2. The van der Waals surface area contributed by atoms with Crippen LogP contribution in [0.4, 0.5) is 0 Å². The normalized spacial score (nSPS) is 22.8. The predicted molar refractivity (Wildman–Crippen MR) is 39.7 cm³/mol. The highest BCUT2D eigenvalue weighted by Gasteiger charge is 2.37. The maximum atomic E-state index is 10.8. The Kier molecular flexibility index (Phi) is 1.93.